The van der Waals surface area contributed by atoms with Crippen LogP contribution in [0.1, 0.15) is 43.2 Å². The molecule has 26 heavy (non-hydrogen) atoms. The Balaban J connectivity index is 2.07. The molecule has 0 saturated carbocycles. The van der Waals surface area contributed by atoms with Crippen LogP contribution >= 0.6 is 11.6 Å². The van der Waals surface area contributed by atoms with Gasteiger partial charge in [0, 0.05) is 6.54 Å². The number of anilines is 1. The lowest BCUT2D eigenvalue weighted by atomic mass is 9.97. The Morgan fingerprint density at radius 3 is 2.58 bits per heavy atom. The lowest BCUT2D eigenvalue weighted by Gasteiger charge is -2.25. The van der Waals surface area contributed by atoms with Gasteiger partial charge in [-0.1, -0.05) is 29.3 Å². The first kappa shape index (κ1) is 20.8. The zero-order chi connectivity index (χ0) is 19.3. The molecule has 0 aromatic heterocycles. The minimum atomic E-state index is -3.64. The molecule has 0 unspecified atom stereocenters. The zero-order valence-electron chi connectivity index (χ0n) is 15.6. The summed E-state index contributed by atoms with van der Waals surface area (Å²) in [6, 6.07) is 3.56. The first-order valence-corrected chi connectivity index (χ1v) is 11.1. The van der Waals surface area contributed by atoms with Crippen LogP contribution in [0, 0.1) is 13.8 Å². The molecule has 0 aliphatic heterocycles. The van der Waals surface area contributed by atoms with Crippen molar-refractivity contribution in [3.05, 3.63) is 39.9 Å². The van der Waals surface area contributed by atoms with E-state index in [9.17, 15) is 13.2 Å². The van der Waals surface area contributed by atoms with Crippen LogP contribution in [0.4, 0.5) is 5.69 Å². The molecule has 0 spiro atoms. The van der Waals surface area contributed by atoms with Gasteiger partial charge in [-0.15, -0.1) is 0 Å². The third kappa shape index (κ3) is 5.74. The molecule has 0 bridgehead atoms. The Kier molecular flexibility index (Phi) is 7.12. The van der Waals surface area contributed by atoms with Gasteiger partial charge >= 0.3 is 0 Å². The molecule has 5 nitrogen and oxygen atoms in total. The summed E-state index contributed by atoms with van der Waals surface area (Å²) in [5.74, 6) is -0.331. The third-order valence-electron chi connectivity index (χ3n) is 4.49. The van der Waals surface area contributed by atoms with E-state index in [1.165, 1.54) is 18.4 Å². The quantitative estimate of drug-likeness (QED) is 0.711. The van der Waals surface area contributed by atoms with Gasteiger partial charge in [0.2, 0.25) is 15.9 Å². The van der Waals surface area contributed by atoms with Gasteiger partial charge in [0.05, 0.1) is 17.0 Å². The highest BCUT2D eigenvalue weighted by molar-refractivity contribution is 7.92. The van der Waals surface area contributed by atoms with Gasteiger partial charge in [0.1, 0.15) is 6.54 Å². The Hall–Kier alpha value is -1.53. The molecule has 1 aromatic carbocycles. The highest BCUT2D eigenvalue weighted by Gasteiger charge is 2.24. The number of carbonyl (C=O) groups is 1. The second kappa shape index (κ2) is 8.91. The zero-order valence-corrected chi connectivity index (χ0v) is 17.2. The number of nitrogens with zero attached hydrogens (tertiary/aromatic N) is 1. The predicted octanol–water partition coefficient (Wildman–Crippen LogP) is 3.73. The summed E-state index contributed by atoms with van der Waals surface area (Å²) in [5, 5.41) is 3.15. The van der Waals surface area contributed by atoms with Crippen molar-refractivity contribution >= 4 is 33.2 Å². The number of aryl methyl sites for hydroxylation is 2. The molecule has 1 aliphatic carbocycles. The number of nitrogens with one attached hydrogen (secondary N) is 1. The van der Waals surface area contributed by atoms with Crippen molar-refractivity contribution in [3.63, 3.8) is 0 Å². The van der Waals surface area contributed by atoms with Crippen LogP contribution in [-0.4, -0.2) is 33.7 Å². The van der Waals surface area contributed by atoms with Gasteiger partial charge in [0.25, 0.3) is 0 Å². The molecule has 0 fully saturated rings. The van der Waals surface area contributed by atoms with Crippen LogP contribution in [-0.2, 0) is 14.8 Å². The lowest BCUT2D eigenvalue weighted by Crippen LogP contribution is -2.41. The fourth-order valence-electron chi connectivity index (χ4n) is 3.27. The molecular formula is C19H27ClN2O3S. The van der Waals surface area contributed by atoms with E-state index in [0.29, 0.717) is 17.3 Å². The maximum absolute atomic E-state index is 12.3. The summed E-state index contributed by atoms with van der Waals surface area (Å²) < 4.78 is 25.6. The van der Waals surface area contributed by atoms with Gasteiger partial charge in [0.15, 0.2) is 0 Å². The van der Waals surface area contributed by atoms with Crippen LogP contribution in [0.2, 0.25) is 5.02 Å². The predicted molar refractivity (Wildman–Crippen MR) is 107 cm³/mol. The van der Waals surface area contributed by atoms with Crippen LogP contribution < -0.4 is 9.62 Å². The van der Waals surface area contributed by atoms with Gasteiger partial charge in [-0.2, -0.15) is 0 Å². The average molecular weight is 399 g/mol. The van der Waals surface area contributed by atoms with Gasteiger partial charge in [-0.3, -0.25) is 9.10 Å². The Morgan fingerprint density at radius 2 is 2.00 bits per heavy atom. The first-order valence-electron chi connectivity index (χ1n) is 8.87. The molecule has 1 aromatic rings. The lowest BCUT2D eigenvalue weighted by molar-refractivity contribution is -0.119. The first-order chi connectivity index (χ1) is 12.2. The van der Waals surface area contributed by atoms with Crippen molar-refractivity contribution in [2.45, 2.75) is 46.0 Å². The Morgan fingerprint density at radius 1 is 1.27 bits per heavy atom. The normalized spacial score (nSPS) is 14.7. The summed E-state index contributed by atoms with van der Waals surface area (Å²) in [6.45, 7) is 3.92. The van der Waals surface area contributed by atoms with E-state index < -0.39 is 10.0 Å². The van der Waals surface area contributed by atoms with E-state index >= 15 is 0 Å². The highest BCUT2D eigenvalue weighted by atomic mass is 35.5. The standard InChI is InChI=1S/C19H27ClN2O3S/c1-14-11-15(2)19(17(20)12-14)22(26(3,24)25)13-18(23)21-10-9-16-7-5-4-6-8-16/h7,11-12H,4-6,8-10,13H2,1-3H3,(H,21,23). The maximum Gasteiger partial charge on any atom is 0.240 e. The summed E-state index contributed by atoms with van der Waals surface area (Å²) in [4.78, 5) is 12.3. The Bertz CT molecular complexity index is 780. The van der Waals surface area contributed by atoms with Crippen molar-refractivity contribution in [3.8, 4) is 0 Å². The molecule has 2 rings (SSSR count). The van der Waals surface area contributed by atoms with Gasteiger partial charge in [-0.05, 0) is 63.1 Å². The molecule has 144 valence electrons. The average Bonchev–Trinajstić information content (AvgIpc) is 2.53. The fourth-order valence-corrected chi connectivity index (χ4v) is 4.67. The number of hydrogen-bond donors (Lipinski definition) is 1. The highest BCUT2D eigenvalue weighted by Crippen LogP contribution is 2.32. The molecule has 1 amide bonds. The molecule has 0 radical (unpaired) electrons. The molecule has 0 heterocycles. The topological polar surface area (TPSA) is 66.5 Å². The van der Waals surface area contributed by atoms with Crippen molar-refractivity contribution < 1.29 is 13.2 Å². The van der Waals surface area contributed by atoms with Gasteiger partial charge < -0.3 is 5.32 Å². The van der Waals surface area contributed by atoms with E-state index in [1.807, 2.05) is 13.0 Å². The second-order valence-electron chi connectivity index (χ2n) is 6.89. The second-order valence-corrected chi connectivity index (χ2v) is 9.20. The minimum absolute atomic E-state index is 0.276. The van der Waals surface area contributed by atoms with E-state index in [4.69, 9.17) is 11.6 Å². The molecule has 0 atom stereocenters. The van der Waals surface area contributed by atoms with Crippen molar-refractivity contribution in [1.82, 2.24) is 5.32 Å². The number of hydrogen-bond acceptors (Lipinski definition) is 3. The summed E-state index contributed by atoms with van der Waals surface area (Å²) in [6.07, 6.45) is 8.77. The Labute approximate surface area is 161 Å². The third-order valence-corrected chi connectivity index (χ3v) is 5.89. The number of allylic oxidation sites excluding steroid dienone is 1. The fraction of sp³-hybridized carbons (Fsp3) is 0.526. The largest absolute Gasteiger partial charge is 0.354 e. The number of benzene rings is 1. The van der Waals surface area contributed by atoms with E-state index in [-0.39, 0.29) is 12.5 Å². The summed E-state index contributed by atoms with van der Waals surface area (Å²) in [5.41, 5.74) is 3.40. The molecule has 7 heteroatoms. The maximum atomic E-state index is 12.3. The van der Waals surface area contributed by atoms with Crippen molar-refractivity contribution in [1.29, 1.82) is 0 Å². The van der Waals surface area contributed by atoms with Crippen LogP contribution in [0.15, 0.2) is 23.8 Å². The summed E-state index contributed by atoms with van der Waals surface area (Å²) >= 11 is 6.28. The molecule has 1 N–H and O–H groups in total. The SMILES string of the molecule is Cc1cc(C)c(N(CC(=O)NCCC2=CCCCC2)S(C)(=O)=O)c(Cl)c1. The van der Waals surface area contributed by atoms with E-state index in [0.717, 1.165) is 41.0 Å². The molecular weight excluding hydrogens is 372 g/mol. The van der Waals surface area contributed by atoms with Crippen LogP contribution in [0.25, 0.3) is 0 Å². The molecule has 0 saturated heterocycles. The van der Waals surface area contributed by atoms with E-state index in [1.54, 1.807) is 13.0 Å². The van der Waals surface area contributed by atoms with Gasteiger partial charge in [-0.25, -0.2) is 8.42 Å². The number of rotatable bonds is 7. The molecule has 1 aliphatic rings. The van der Waals surface area contributed by atoms with Crippen molar-refractivity contribution in [2.75, 3.05) is 23.7 Å². The van der Waals surface area contributed by atoms with Crippen molar-refractivity contribution in [2.24, 2.45) is 0 Å². The number of halogens is 1. The number of carbonyl (C=O) groups excluding carboxylic acids is 1. The smallest absolute Gasteiger partial charge is 0.240 e. The number of sulfonamides is 1. The minimum Gasteiger partial charge on any atom is -0.354 e. The monoisotopic (exact) mass is 398 g/mol. The van der Waals surface area contributed by atoms with Crippen LogP contribution in [0.5, 0.6) is 0 Å². The van der Waals surface area contributed by atoms with Crippen LogP contribution in [0.3, 0.4) is 0 Å². The van der Waals surface area contributed by atoms with E-state index in [2.05, 4.69) is 11.4 Å². The summed E-state index contributed by atoms with van der Waals surface area (Å²) in [7, 11) is -3.64. The number of amides is 1.